The van der Waals surface area contributed by atoms with Crippen LogP contribution in [-0.2, 0) is 19.1 Å². The van der Waals surface area contributed by atoms with Crippen molar-refractivity contribution < 1.29 is 19.1 Å². The van der Waals surface area contributed by atoms with Crippen LogP contribution in [0.4, 0.5) is 0 Å². The average Bonchev–Trinajstić information content (AvgIpc) is 3.58. The molecule has 32 heavy (non-hydrogen) atoms. The van der Waals surface area contributed by atoms with E-state index in [4.69, 9.17) is 9.47 Å². The number of esters is 2. The predicted molar refractivity (Wildman–Crippen MR) is 125 cm³/mol. The van der Waals surface area contributed by atoms with Crippen molar-refractivity contribution in [3.8, 4) is 0 Å². The van der Waals surface area contributed by atoms with Crippen molar-refractivity contribution in [2.75, 3.05) is 13.2 Å². The number of hydrogen-bond acceptors (Lipinski definition) is 4. The lowest BCUT2D eigenvalue weighted by molar-refractivity contribution is -0.142. The highest BCUT2D eigenvalue weighted by Gasteiger charge is 2.36. The quantitative estimate of drug-likeness (QED) is 0.336. The van der Waals surface area contributed by atoms with Crippen molar-refractivity contribution in [1.29, 1.82) is 0 Å². The number of rotatable bonds is 6. The van der Waals surface area contributed by atoms with Crippen molar-refractivity contribution in [3.63, 3.8) is 0 Å². The van der Waals surface area contributed by atoms with Gasteiger partial charge in [-0.05, 0) is 79.8 Å². The Bertz CT molecular complexity index is 895. The summed E-state index contributed by atoms with van der Waals surface area (Å²) in [4.78, 5) is 22.3. The Morgan fingerprint density at radius 2 is 1.41 bits per heavy atom. The van der Waals surface area contributed by atoms with Gasteiger partial charge in [-0.15, -0.1) is 0 Å². The van der Waals surface area contributed by atoms with Gasteiger partial charge in [0.25, 0.3) is 0 Å². The minimum absolute atomic E-state index is 0.151. The Hall–Kier alpha value is -2.62. The van der Waals surface area contributed by atoms with E-state index in [0.29, 0.717) is 36.9 Å². The van der Waals surface area contributed by atoms with Crippen LogP contribution in [0.3, 0.4) is 0 Å². The van der Waals surface area contributed by atoms with Crippen LogP contribution in [0, 0.1) is 42.4 Å². The molecule has 170 valence electrons. The third kappa shape index (κ3) is 5.99. The van der Waals surface area contributed by atoms with Crippen LogP contribution >= 0.6 is 0 Å². The van der Waals surface area contributed by atoms with Crippen LogP contribution in [0.15, 0.2) is 54.6 Å². The van der Waals surface area contributed by atoms with Gasteiger partial charge in [0.15, 0.2) is 0 Å². The number of aryl methyl sites for hydroxylation is 1. The van der Waals surface area contributed by atoms with Gasteiger partial charge in [0, 0.05) is 13.0 Å². The molecular formula is C28H34O4. The second-order valence-corrected chi connectivity index (χ2v) is 9.76. The lowest BCUT2D eigenvalue weighted by Gasteiger charge is -2.17. The summed E-state index contributed by atoms with van der Waals surface area (Å²) < 4.78 is 10.4. The molecule has 2 saturated carbocycles. The third-order valence-electron chi connectivity index (χ3n) is 7.26. The number of carbonyl (C=O) groups excluding carboxylic acids is 2. The van der Waals surface area contributed by atoms with Crippen LogP contribution in [0.2, 0.25) is 0 Å². The summed E-state index contributed by atoms with van der Waals surface area (Å²) in [7, 11) is 0. The first-order chi connectivity index (χ1) is 15.5. The topological polar surface area (TPSA) is 52.6 Å². The predicted octanol–water partition coefficient (Wildman–Crippen LogP) is 5.53. The molecule has 0 aromatic heterocycles. The summed E-state index contributed by atoms with van der Waals surface area (Å²) in [5, 5.41) is 0. The SMILES string of the molecule is CC(=O)OCC1CC2C=CC1C2.Cc1ccc(/C=C/C(=O)OCC2CC3C=CC2C3)cc1. The van der Waals surface area contributed by atoms with E-state index >= 15 is 0 Å². The van der Waals surface area contributed by atoms with Gasteiger partial charge in [0.05, 0.1) is 13.2 Å². The van der Waals surface area contributed by atoms with E-state index in [1.807, 2.05) is 37.3 Å². The number of benzene rings is 1. The zero-order valence-electron chi connectivity index (χ0n) is 19.1. The lowest BCUT2D eigenvalue weighted by atomic mass is 9.95. The Kier molecular flexibility index (Phi) is 7.29. The third-order valence-corrected chi connectivity index (χ3v) is 7.26. The molecule has 0 saturated heterocycles. The molecule has 0 aliphatic heterocycles. The van der Waals surface area contributed by atoms with Gasteiger partial charge in [-0.3, -0.25) is 4.79 Å². The fourth-order valence-electron chi connectivity index (χ4n) is 5.48. The Balaban J connectivity index is 0.000000174. The minimum atomic E-state index is -0.239. The van der Waals surface area contributed by atoms with Gasteiger partial charge in [-0.25, -0.2) is 4.79 Å². The molecule has 5 rings (SSSR count). The van der Waals surface area contributed by atoms with Crippen LogP contribution in [0.1, 0.15) is 43.7 Å². The summed E-state index contributed by atoms with van der Waals surface area (Å²) in [6.45, 7) is 4.71. The summed E-state index contributed by atoms with van der Waals surface area (Å²) in [5.74, 6) is 3.57. The van der Waals surface area contributed by atoms with Crippen LogP contribution in [0.5, 0.6) is 0 Å². The van der Waals surface area contributed by atoms with Crippen molar-refractivity contribution in [1.82, 2.24) is 0 Å². The molecule has 0 N–H and O–H groups in total. The number of ether oxygens (including phenoxy) is 2. The van der Waals surface area contributed by atoms with Crippen LogP contribution in [0.25, 0.3) is 6.08 Å². The minimum Gasteiger partial charge on any atom is -0.466 e. The fourth-order valence-corrected chi connectivity index (χ4v) is 5.48. The van der Waals surface area contributed by atoms with Crippen LogP contribution in [-0.4, -0.2) is 25.2 Å². The van der Waals surface area contributed by atoms with E-state index in [-0.39, 0.29) is 11.9 Å². The van der Waals surface area contributed by atoms with E-state index in [1.54, 1.807) is 0 Å². The zero-order valence-corrected chi connectivity index (χ0v) is 19.1. The summed E-state index contributed by atoms with van der Waals surface area (Å²) in [6.07, 6.45) is 17.4. The second kappa shape index (κ2) is 10.3. The molecule has 1 aromatic carbocycles. The van der Waals surface area contributed by atoms with Gasteiger partial charge in [-0.2, -0.15) is 0 Å². The molecule has 4 aliphatic carbocycles. The van der Waals surface area contributed by atoms with Crippen molar-refractivity contribution >= 4 is 18.0 Å². The maximum Gasteiger partial charge on any atom is 0.330 e. The molecule has 0 amide bonds. The number of fused-ring (bicyclic) bond motifs is 4. The van der Waals surface area contributed by atoms with Crippen molar-refractivity contribution in [2.24, 2.45) is 35.5 Å². The smallest absolute Gasteiger partial charge is 0.330 e. The molecule has 0 spiro atoms. The molecule has 6 atom stereocenters. The standard InChI is InChI=1S/C18H20O2.C10H14O2/c1-13-2-4-14(5-3-13)7-9-18(19)20-12-17-11-15-6-8-16(17)10-15;1-7(11)12-6-10-5-8-2-3-9(10)4-8/h2-9,15-17H,10-12H2,1H3;2-3,8-10H,4-6H2,1H3/b9-7+;. The van der Waals surface area contributed by atoms with Crippen molar-refractivity contribution in [3.05, 3.63) is 65.8 Å². The second-order valence-electron chi connectivity index (χ2n) is 9.76. The highest BCUT2D eigenvalue weighted by atomic mass is 16.5. The van der Waals surface area contributed by atoms with Gasteiger partial charge < -0.3 is 9.47 Å². The molecule has 4 nitrogen and oxygen atoms in total. The highest BCUT2D eigenvalue weighted by Crippen LogP contribution is 2.44. The number of carbonyl (C=O) groups is 2. The highest BCUT2D eigenvalue weighted by molar-refractivity contribution is 5.87. The van der Waals surface area contributed by atoms with E-state index in [2.05, 4.69) is 24.3 Å². The Labute approximate surface area is 191 Å². The van der Waals surface area contributed by atoms with E-state index < -0.39 is 0 Å². The number of allylic oxidation sites excluding steroid dienone is 4. The molecular weight excluding hydrogens is 400 g/mol. The fraction of sp³-hybridized carbons (Fsp3) is 0.500. The monoisotopic (exact) mass is 434 g/mol. The molecule has 4 bridgehead atoms. The van der Waals surface area contributed by atoms with E-state index in [1.165, 1.54) is 44.2 Å². The van der Waals surface area contributed by atoms with Gasteiger partial charge in [0.1, 0.15) is 0 Å². The summed E-state index contributed by atoms with van der Waals surface area (Å²) in [5.41, 5.74) is 2.24. The lowest BCUT2D eigenvalue weighted by Crippen LogP contribution is -2.16. The molecule has 0 heterocycles. The largest absolute Gasteiger partial charge is 0.466 e. The van der Waals surface area contributed by atoms with E-state index in [0.717, 1.165) is 17.4 Å². The van der Waals surface area contributed by atoms with Gasteiger partial charge in [0.2, 0.25) is 0 Å². The molecule has 2 fully saturated rings. The normalized spacial score (nSPS) is 31.1. The summed E-state index contributed by atoms with van der Waals surface area (Å²) in [6, 6.07) is 8.07. The van der Waals surface area contributed by atoms with Gasteiger partial charge >= 0.3 is 11.9 Å². The van der Waals surface area contributed by atoms with Crippen LogP contribution < -0.4 is 0 Å². The molecule has 0 radical (unpaired) electrons. The number of hydrogen-bond donors (Lipinski definition) is 0. The Morgan fingerprint density at radius 1 is 0.844 bits per heavy atom. The first-order valence-corrected chi connectivity index (χ1v) is 11.9. The summed E-state index contributed by atoms with van der Waals surface area (Å²) >= 11 is 0. The van der Waals surface area contributed by atoms with Crippen molar-refractivity contribution in [2.45, 2.75) is 39.5 Å². The zero-order chi connectivity index (χ0) is 22.5. The molecule has 4 aliphatic rings. The maximum atomic E-state index is 11.7. The average molecular weight is 435 g/mol. The molecule has 4 heteroatoms. The molecule has 1 aromatic rings. The first-order valence-electron chi connectivity index (χ1n) is 11.9. The first kappa shape index (κ1) is 22.6. The van der Waals surface area contributed by atoms with E-state index in [9.17, 15) is 9.59 Å². The Morgan fingerprint density at radius 3 is 1.88 bits per heavy atom. The maximum absolute atomic E-state index is 11.7. The van der Waals surface area contributed by atoms with Gasteiger partial charge in [-0.1, -0.05) is 54.1 Å². The molecule has 6 unspecified atom stereocenters.